The van der Waals surface area contributed by atoms with Crippen molar-refractivity contribution in [2.24, 2.45) is 17.4 Å². The molecule has 11 nitrogen and oxygen atoms in total. The average molecular weight is 619 g/mol. The lowest BCUT2D eigenvalue weighted by Gasteiger charge is -2.24. The van der Waals surface area contributed by atoms with Crippen LogP contribution < -0.4 is 26.4 Å². The Balaban J connectivity index is 1.68. The summed E-state index contributed by atoms with van der Waals surface area (Å²) in [7, 11) is 9.43. The highest BCUT2D eigenvalue weighted by atomic mass is 16.7. The molecule has 242 valence electrons. The number of likely N-dealkylation sites (N-methyl/N-ethyl adjacent to an activating group) is 1. The number of nitrogens with zero attached hydrogens (tertiary/aromatic N) is 3. The molecule has 6 N–H and O–H groups in total. The second-order valence-electron chi connectivity index (χ2n) is 11.9. The summed E-state index contributed by atoms with van der Waals surface area (Å²) >= 11 is 0. The first-order chi connectivity index (χ1) is 21.6. The van der Waals surface area contributed by atoms with E-state index in [1.165, 1.54) is 5.06 Å². The number of aliphatic hydroxyl groups excluding tert-OH is 1. The standard InChI is InChI=1S/C34H46N6O5/c1-38(2)20-26(14-22-10-7-6-8-11-22)37-34(43)25-15-24(16-27(17-25)39(3)4)28-13-9-12-23(32(28)44-5)19-40-31(33(36)42)29(21-41)30(18-35)45-40/h6-13,15-17,26,29-31,41H,14,18-21,35H2,1-5H3,(H2,36,42)(H,37,43)/t26?,29?,30-,31-/m0/s1. The first-order valence-electron chi connectivity index (χ1n) is 15.1. The van der Waals surface area contributed by atoms with Gasteiger partial charge in [-0.1, -0.05) is 48.5 Å². The molecule has 1 heterocycles. The fourth-order valence-electron chi connectivity index (χ4n) is 5.93. The maximum Gasteiger partial charge on any atom is 0.251 e. The van der Waals surface area contributed by atoms with Gasteiger partial charge in [0.05, 0.1) is 26.4 Å². The summed E-state index contributed by atoms with van der Waals surface area (Å²) in [5.41, 5.74) is 16.4. The quantitative estimate of drug-likeness (QED) is 0.213. The Morgan fingerprint density at radius 3 is 2.40 bits per heavy atom. The van der Waals surface area contributed by atoms with Gasteiger partial charge in [-0.15, -0.1) is 0 Å². The number of methoxy groups -OCH3 is 1. The van der Waals surface area contributed by atoms with Crippen LogP contribution in [0.25, 0.3) is 11.1 Å². The third-order valence-electron chi connectivity index (χ3n) is 8.08. The smallest absolute Gasteiger partial charge is 0.251 e. The van der Waals surface area contributed by atoms with Crippen molar-refractivity contribution in [3.05, 3.63) is 83.4 Å². The summed E-state index contributed by atoms with van der Waals surface area (Å²) in [5.74, 6) is -0.750. The summed E-state index contributed by atoms with van der Waals surface area (Å²) in [6.07, 6.45) is 0.158. The molecular weight excluding hydrogens is 572 g/mol. The summed E-state index contributed by atoms with van der Waals surface area (Å²) in [4.78, 5) is 36.2. The number of aliphatic hydroxyl groups is 1. The number of para-hydroxylation sites is 1. The van der Waals surface area contributed by atoms with E-state index >= 15 is 0 Å². The van der Waals surface area contributed by atoms with Gasteiger partial charge in [0.1, 0.15) is 11.8 Å². The van der Waals surface area contributed by atoms with Crippen molar-refractivity contribution in [2.75, 3.05) is 59.9 Å². The largest absolute Gasteiger partial charge is 0.496 e. The fraction of sp³-hybridized carbons (Fsp3) is 0.412. The predicted octanol–water partition coefficient (Wildman–Crippen LogP) is 1.87. The van der Waals surface area contributed by atoms with E-state index in [1.807, 2.05) is 87.7 Å². The van der Waals surface area contributed by atoms with Gasteiger partial charge >= 0.3 is 0 Å². The van der Waals surface area contributed by atoms with Crippen LogP contribution in [0.1, 0.15) is 21.5 Å². The number of hydrogen-bond acceptors (Lipinski definition) is 9. The number of hydroxylamine groups is 2. The van der Waals surface area contributed by atoms with E-state index in [-0.39, 0.29) is 31.6 Å². The predicted molar refractivity (Wildman–Crippen MR) is 176 cm³/mol. The molecule has 1 fully saturated rings. The Hall–Kier alpha value is -4.00. The van der Waals surface area contributed by atoms with Gasteiger partial charge in [-0.2, -0.15) is 5.06 Å². The molecule has 0 radical (unpaired) electrons. The van der Waals surface area contributed by atoms with Crippen LogP contribution >= 0.6 is 0 Å². The zero-order valence-corrected chi connectivity index (χ0v) is 26.8. The average Bonchev–Trinajstić information content (AvgIpc) is 3.38. The molecule has 2 unspecified atom stereocenters. The van der Waals surface area contributed by atoms with Crippen molar-refractivity contribution >= 4 is 17.5 Å². The van der Waals surface area contributed by atoms with Gasteiger partial charge < -0.3 is 36.4 Å². The Kier molecular flexibility index (Phi) is 11.5. The normalized spacial score (nSPS) is 19.0. The van der Waals surface area contributed by atoms with Crippen LogP contribution in [0.3, 0.4) is 0 Å². The van der Waals surface area contributed by atoms with Crippen molar-refractivity contribution in [1.29, 1.82) is 0 Å². The van der Waals surface area contributed by atoms with Crippen LogP contribution in [0.4, 0.5) is 5.69 Å². The lowest BCUT2D eigenvalue weighted by atomic mass is 9.94. The third kappa shape index (κ3) is 8.19. The maximum absolute atomic E-state index is 13.8. The first-order valence-corrected chi connectivity index (χ1v) is 15.1. The highest BCUT2D eigenvalue weighted by molar-refractivity contribution is 5.97. The van der Waals surface area contributed by atoms with E-state index in [0.717, 1.165) is 27.9 Å². The lowest BCUT2D eigenvalue weighted by Crippen LogP contribution is -2.45. The summed E-state index contributed by atoms with van der Waals surface area (Å²) in [6.45, 7) is 0.700. The maximum atomic E-state index is 13.8. The molecule has 0 aliphatic carbocycles. The van der Waals surface area contributed by atoms with Crippen molar-refractivity contribution in [2.45, 2.75) is 31.2 Å². The Bertz CT molecular complexity index is 1450. The second-order valence-corrected chi connectivity index (χ2v) is 11.9. The van der Waals surface area contributed by atoms with Gasteiger partial charge in [-0.3, -0.25) is 14.4 Å². The first kappa shape index (κ1) is 33.9. The molecule has 1 aliphatic heterocycles. The van der Waals surface area contributed by atoms with Crippen LogP contribution in [0, 0.1) is 5.92 Å². The molecule has 2 amide bonds. The molecule has 0 aromatic heterocycles. The number of nitrogens with one attached hydrogen (secondary N) is 1. The van der Waals surface area contributed by atoms with E-state index in [2.05, 4.69) is 22.3 Å². The monoisotopic (exact) mass is 618 g/mol. The number of ether oxygens (including phenoxy) is 1. The van der Waals surface area contributed by atoms with Crippen molar-refractivity contribution in [3.8, 4) is 16.9 Å². The lowest BCUT2D eigenvalue weighted by molar-refractivity contribution is -0.172. The Labute approximate surface area is 265 Å². The number of hydrogen-bond donors (Lipinski definition) is 4. The topological polar surface area (TPSA) is 147 Å². The molecule has 45 heavy (non-hydrogen) atoms. The van der Waals surface area contributed by atoms with E-state index in [0.29, 0.717) is 24.3 Å². The minimum atomic E-state index is -0.852. The molecule has 4 atom stereocenters. The van der Waals surface area contributed by atoms with Gasteiger partial charge in [0.2, 0.25) is 5.91 Å². The second kappa shape index (κ2) is 15.3. The number of benzene rings is 3. The fourth-order valence-corrected chi connectivity index (χ4v) is 5.93. The SMILES string of the molecule is COc1c(CN2O[C@@H](CN)C(CO)[C@H]2C(N)=O)cccc1-c1cc(C(=O)NC(Cc2ccccc2)CN(C)C)cc(N(C)C)c1. The van der Waals surface area contributed by atoms with Crippen molar-refractivity contribution < 1.29 is 24.3 Å². The molecule has 0 spiro atoms. The molecule has 1 aliphatic rings. The van der Waals surface area contributed by atoms with E-state index in [9.17, 15) is 14.7 Å². The molecule has 0 bridgehead atoms. The molecule has 3 aromatic rings. The number of carbonyl (C=O) groups excluding carboxylic acids is 2. The third-order valence-corrected chi connectivity index (χ3v) is 8.08. The summed E-state index contributed by atoms with van der Waals surface area (Å²) in [6, 6.07) is 20.6. The van der Waals surface area contributed by atoms with Gasteiger partial charge in [-0.25, -0.2) is 0 Å². The van der Waals surface area contributed by atoms with E-state index < -0.39 is 24.0 Å². The number of anilines is 1. The minimum absolute atomic E-state index is 0.0991. The number of amides is 2. The Morgan fingerprint density at radius 2 is 1.80 bits per heavy atom. The number of carbonyl (C=O) groups is 2. The molecular formula is C34H46N6O5. The van der Waals surface area contributed by atoms with Crippen LogP contribution in [-0.2, 0) is 22.6 Å². The van der Waals surface area contributed by atoms with E-state index in [4.69, 9.17) is 21.0 Å². The molecule has 11 heteroatoms. The number of rotatable bonds is 14. The van der Waals surface area contributed by atoms with Gasteiger partial charge in [0.25, 0.3) is 5.91 Å². The van der Waals surface area contributed by atoms with Gasteiger partial charge in [0.15, 0.2) is 0 Å². The summed E-state index contributed by atoms with van der Waals surface area (Å²) < 4.78 is 5.93. The zero-order valence-electron chi connectivity index (χ0n) is 26.8. The zero-order chi connectivity index (χ0) is 32.7. The van der Waals surface area contributed by atoms with Crippen molar-refractivity contribution in [1.82, 2.24) is 15.3 Å². The summed E-state index contributed by atoms with van der Waals surface area (Å²) in [5, 5.41) is 14.7. The molecule has 4 rings (SSSR count). The minimum Gasteiger partial charge on any atom is -0.496 e. The Morgan fingerprint density at radius 1 is 1.07 bits per heavy atom. The van der Waals surface area contributed by atoms with Crippen LogP contribution in [-0.4, -0.2) is 100 Å². The van der Waals surface area contributed by atoms with E-state index in [1.54, 1.807) is 7.11 Å². The van der Waals surface area contributed by atoms with Crippen LogP contribution in [0.2, 0.25) is 0 Å². The number of primary amides is 1. The highest BCUT2D eigenvalue weighted by Gasteiger charge is 2.45. The van der Waals surface area contributed by atoms with Gasteiger partial charge in [-0.05, 0) is 49.8 Å². The molecule has 3 aromatic carbocycles. The molecule has 1 saturated heterocycles. The van der Waals surface area contributed by atoms with Crippen molar-refractivity contribution in [3.63, 3.8) is 0 Å². The number of nitrogens with two attached hydrogens (primary N) is 2. The highest BCUT2D eigenvalue weighted by Crippen LogP contribution is 2.38. The molecule has 0 saturated carbocycles. The van der Waals surface area contributed by atoms with Crippen LogP contribution in [0.15, 0.2) is 66.7 Å². The van der Waals surface area contributed by atoms with Gasteiger partial charge in [0, 0.05) is 61.5 Å². The van der Waals surface area contributed by atoms with Crippen LogP contribution in [0.5, 0.6) is 5.75 Å².